The van der Waals surface area contributed by atoms with Gasteiger partial charge in [0.05, 0.1) is 17.0 Å². The first-order valence-electron chi connectivity index (χ1n) is 9.94. The van der Waals surface area contributed by atoms with E-state index in [1.165, 1.54) is 0 Å². The highest BCUT2D eigenvalue weighted by Gasteiger charge is 2.42. The van der Waals surface area contributed by atoms with Crippen molar-refractivity contribution in [3.05, 3.63) is 35.9 Å². The summed E-state index contributed by atoms with van der Waals surface area (Å²) in [4.78, 5) is 19.8. The van der Waals surface area contributed by atoms with Crippen molar-refractivity contribution < 1.29 is 18.0 Å². The van der Waals surface area contributed by atoms with Crippen molar-refractivity contribution in [2.45, 2.75) is 50.7 Å². The number of carbonyl (C=O) groups is 1. The third kappa shape index (κ3) is 3.93. The van der Waals surface area contributed by atoms with Gasteiger partial charge in [-0.1, -0.05) is 24.6 Å². The van der Waals surface area contributed by atoms with Crippen LogP contribution in [0.5, 0.6) is 0 Å². The quantitative estimate of drug-likeness (QED) is 0.826. The van der Waals surface area contributed by atoms with E-state index in [1.54, 1.807) is 0 Å². The molecule has 0 spiro atoms. The summed E-state index contributed by atoms with van der Waals surface area (Å²) >= 11 is 0. The Labute approximate surface area is 162 Å². The Bertz CT molecular complexity index is 862. The Morgan fingerprint density at radius 1 is 1.11 bits per heavy atom. The highest BCUT2D eigenvalue weighted by molar-refractivity contribution is 6.02. The fraction of sp³-hybridized carbons (Fsp3) is 0.524. The average Bonchev–Trinajstić information content (AvgIpc) is 3.21. The molecule has 1 aromatic heterocycles. The summed E-state index contributed by atoms with van der Waals surface area (Å²) in [5, 5.41) is 3.71. The minimum atomic E-state index is -4.20. The van der Waals surface area contributed by atoms with Gasteiger partial charge < -0.3 is 10.2 Å². The summed E-state index contributed by atoms with van der Waals surface area (Å²) in [7, 11) is 0. The Morgan fingerprint density at radius 3 is 2.61 bits per heavy atom. The molecular formula is C21H24F3N3O. The normalized spacial score (nSPS) is 23.2. The van der Waals surface area contributed by atoms with E-state index in [2.05, 4.69) is 10.2 Å². The van der Waals surface area contributed by atoms with Crippen LogP contribution in [0.2, 0.25) is 0 Å². The number of carbonyl (C=O) groups excluding carboxylic acids is 1. The van der Waals surface area contributed by atoms with Crippen molar-refractivity contribution in [3.63, 3.8) is 0 Å². The number of nitrogens with one attached hydrogen (secondary N) is 1. The Balaban J connectivity index is 1.60. The van der Waals surface area contributed by atoms with Crippen LogP contribution in [0.4, 0.5) is 19.0 Å². The van der Waals surface area contributed by atoms with Gasteiger partial charge in [0.15, 0.2) is 0 Å². The van der Waals surface area contributed by atoms with Gasteiger partial charge in [0.25, 0.3) is 5.91 Å². The molecule has 1 aliphatic heterocycles. The second kappa shape index (κ2) is 7.60. The highest BCUT2D eigenvalue weighted by Crippen LogP contribution is 2.37. The first-order valence-corrected chi connectivity index (χ1v) is 9.94. The van der Waals surface area contributed by atoms with Gasteiger partial charge in [-0.05, 0) is 44.2 Å². The average molecular weight is 391 g/mol. The molecule has 0 bridgehead atoms. The smallest absolute Gasteiger partial charge is 0.356 e. The van der Waals surface area contributed by atoms with Crippen LogP contribution in [0.25, 0.3) is 10.9 Å². The van der Waals surface area contributed by atoms with Crippen LogP contribution in [0.3, 0.4) is 0 Å². The molecule has 2 fully saturated rings. The van der Waals surface area contributed by atoms with Gasteiger partial charge in [-0.3, -0.25) is 4.79 Å². The van der Waals surface area contributed by atoms with Crippen molar-refractivity contribution in [3.8, 4) is 0 Å². The molecule has 1 saturated heterocycles. The summed E-state index contributed by atoms with van der Waals surface area (Å²) in [6, 6.07) is 8.96. The molecule has 1 aliphatic carbocycles. The van der Waals surface area contributed by atoms with Gasteiger partial charge in [0, 0.05) is 24.5 Å². The molecular weight excluding hydrogens is 367 g/mol. The number of pyridine rings is 1. The maximum absolute atomic E-state index is 13.1. The number of para-hydroxylation sites is 1. The number of rotatable bonds is 3. The van der Waals surface area contributed by atoms with Gasteiger partial charge >= 0.3 is 6.18 Å². The van der Waals surface area contributed by atoms with Gasteiger partial charge in [-0.15, -0.1) is 0 Å². The van der Waals surface area contributed by atoms with Gasteiger partial charge in [0.1, 0.15) is 5.82 Å². The predicted molar refractivity (Wildman–Crippen MR) is 102 cm³/mol. The zero-order valence-electron chi connectivity index (χ0n) is 15.6. The number of hydrogen-bond donors (Lipinski definition) is 1. The third-order valence-electron chi connectivity index (χ3n) is 5.83. The molecule has 1 amide bonds. The summed E-state index contributed by atoms with van der Waals surface area (Å²) in [5.74, 6) is -1.02. The zero-order chi connectivity index (χ0) is 19.7. The maximum atomic E-state index is 13.1. The fourth-order valence-electron chi connectivity index (χ4n) is 4.32. The zero-order valence-corrected chi connectivity index (χ0v) is 15.6. The number of fused-ring (bicyclic) bond motifs is 1. The Morgan fingerprint density at radius 2 is 1.86 bits per heavy atom. The van der Waals surface area contributed by atoms with E-state index in [0.29, 0.717) is 24.2 Å². The van der Waals surface area contributed by atoms with E-state index in [4.69, 9.17) is 4.98 Å². The Hall–Kier alpha value is -2.31. The highest BCUT2D eigenvalue weighted by atomic mass is 19.4. The molecule has 4 nitrogen and oxygen atoms in total. The SMILES string of the molecule is O=C(NC1CCCC(C(F)(F)F)C1)c1cc2ccccc2nc1N1CCCC1. The number of nitrogens with zero attached hydrogens (tertiary/aromatic N) is 2. The standard InChI is InChI=1S/C21H24F3N3O/c22-21(23,24)15-7-5-8-16(13-15)25-20(28)17-12-14-6-1-2-9-18(14)26-19(17)27-10-3-4-11-27/h1-2,6,9,12,15-16H,3-5,7-8,10-11,13H2,(H,25,28). The topological polar surface area (TPSA) is 45.2 Å². The molecule has 2 aliphatic rings. The number of anilines is 1. The number of aromatic nitrogens is 1. The van der Waals surface area contributed by atoms with Crippen molar-refractivity contribution in [1.29, 1.82) is 0 Å². The number of benzene rings is 1. The fourth-order valence-corrected chi connectivity index (χ4v) is 4.32. The van der Waals surface area contributed by atoms with Crippen LogP contribution >= 0.6 is 0 Å². The minimum Gasteiger partial charge on any atom is -0.356 e. The lowest BCUT2D eigenvalue weighted by atomic mass is 9.85. The van der Waals surface area contributed by atoms with Crippen molar-refractivity contribution >= 4 is 22.6 Å². The molecule has 2 unspecified atom stereocenters. The maximum Gasteiger partial charge on any atom is 0.391 e. The summed E-state index contributed by atoms with van der Waals surface area (Å²) in [5.41, 5.74) is 1.27. The molecule has 1 N–H and O–H groups in total. The lowest BCUT2D eigenvalue weighted by Crippen LogP contribution is -2.42. The molecule has 150 valence electrons. The minimum absolute atomic E-state index is 0.0463. The number of alkyl halides is 3. The summed E-state index contributed by atoms with van der Waals surface area (Å²) in [6.45, 7) is 1.68. The summed E-state index contributed by atoms with van der Waals surface area (Å²) < 4.78 is 39.3. The van der Waals surface area contributed by atoms with Crippen LogP contribution in [0.1, 0.15) is 48.9 Å². The predicted octanol–water partition coefficient (Wildman–Crippen LogP) is 4.69. The third-order valence-corrected chi connectivity index (χ3v) is 5.83. The van der Waals surface area contributed by atoms with Crippen molar-refractivity contribution in [2.24, 2.45) is 5.92 Å². The number of halogens is 3. The molecule has 4 rings (SSSR count). The molecule has 2 aromatic rings. The second-order valence-electron chi connectivity index (χ2n) is 7.82. The Kier molecular flexibility index (Phi) is 5.17. The van der Waals surface area contributed by atoms with Crippen LogP contribution in [-0.4, -0.2) is 36.2 Å². The number of hydrogen-bond acceptors (Lipinski definition) is 3. The first kappa shape index (κ1) is 19.0. The molecule has 1 saturated carbocycles. The van der Waals surface area contributed by atoms with Gasteiger partial charge in [-0.2, -0.15) is 13.2 Å². The van der Waals surface area contributed by atoms with E-state index >= 15 is 0 Å². The number of amides is 1. The van der Waals surface area contributed by atoms with Crippen molar-refractivity contribution in [1.82, 2.24) is 10.3 Å². The largest absolute Gasteiger partial charge is 0.391 e. The van der Waals surface area contributed by atoms with E-state index in [0.717, 1.165) is 36.8 Å². The van der Waals surface area contributed by atoms with E-state index in [9.17, 15) is 18.0 Å². The molecule has 0 radical (unpaired) electrons. The van der Waals surface area contributed by atoms with E-state index < -0.39 is 18.1 Å². The van der Waals surface area contributed by atoms with Crippen molar-refractivity contribution in [2.75, 3.05) is 18.0 Å². The molecule has 2 atom stereocenters. The van der Waals surface area contributed by atoms with Crippen LogP contribution in [0, 0.1) is 5.92 Å². The molecule has 1 aromatic carbocycles. The van der Waals surface area contributed by atoms with Gasteiger partial charge in [-0.25, -0.2) is 4.98 Å². The van der Waals surface area contributed by atoms with Crippen LogP contribution in [-0.2, 0) is 0 Å². The molecule has 2 heterocycles. The van der Waals surface area contributed by atoms with E-state index in [1.807, 2.05) is 30.3 Å². The van der Waals surface area contributed by atoms with Gasteiger partial charge in [0.2, 0.25) is 0 Å². The first-order chi connectivity index (χ1) is 13.4. The lowest BCUT2D eigenvalue weighted by molar-refractivity contribution is -0.183. The second-order valence-corrected chi connectivity index (χ2v) is 7.82. The summed E-state index contributed by atoms with van der Waals surface area (Å²) in [6.07, 6.45) is -0.949. The molecule has 28 heavy (non-hydrogen) atoms. The van der Waals surface area contributed by atoms with Crippen LogP contribution < -0.4 is 10.2 Å². The van der Waals surface area contributed by atoms with E-state index in [-0.39, 0.29) is 18.7 Å². The van der Waals surface area contributed by atoms with Crippen LogP contribution in [0.15, 0.2) is 30.3 Å². The molecule has 7 heteroatoms. The lowest BCUT2D eigenvalue weighted by Gasteiger charge is -2.31. The monoisotopic (exact) mass is 391 g/mol.